The summed E-state index contributed by atoms with van der Waals surface area (Å²) in [5, 5.41) is 3.40. The lowest BCUT2D eigenvalue weighted by Gasteiger charge is -2.34. The molecule has 1 N–H and O–H groups in total. The summed E-state index contributed by atoms with van der Waals surface area (Å²) in [6.45, 7) is 5.25. The molecule has 3 aromatic rings. The van der Waals surface area contributed by atoms with Gasteiger partial charge < -0.3 is 10.2 Å². The highest BCUT2D eigenvalue weighted by Gasteiger charge is 2.31. The Hall–Kier alpha value is -3.23. The maximum absolute atomic E-state index is 13.3. The number of benzene rings is 2. The minimum absolute atomic E-state index is 0.114. The van der Waals surface area contributed by atoms with Crippen LogP contribution in [0.5, 0.6) is 0 Å². The average Bonchev–Trinajstić information content (AvgIpc) is 2.82. The summed E-state index contributed by atoms with van der Waals surface area (Å²) < 4.78 is 27.1. The number of sulfonamides is 1. The molecule has 7 nitrogen and oxygen atoms in total. The first-order valence-corrected chi connectivity index (χ1v) is 11.9. The number of anilines is 2. The molecule has 2 aromatic carbocycles. The largest absolute Gasteiger partial charge is 0.355 e. The van der Waals surface area contributed by atoms with Gasteiger partial charge in [0.25, 0.3) is 5.91 Å². The molecule has 4 rings (SSSR count). The number of para-hydroxylation sites is 1. The fraction of sp³-hybridized carbons (Fsp3) is 0.250. The van der Waals surface area contributed by atoms with Crippen molar-refractivity contribution in [1.29, 1.82) is 0 Å². The molecule has 0 atom stereocenters. The molecule has 1 fully saturated rings. The quantitative estimate of drug-likeness (QED) is 0.642. The molecule has 0 aliphatic carbocycles. The highest BCUT2D eigenvalue weighted by molar-refractivity contribution is 7.89. The Kier molecular flexibility index (Phi) is 6.25. The Labute approximate surface area is 188 Å². The molecule has 0 saturated carbocycles. The Balaban J connectivity index is 1.49. The van der Waals surface area contributed by atoms with Crippen molar-refractivity contribution in [2.75, 3.05) is 31.5 Å². The van der Waals surface area contributed by atoms with E-state index in [1.54, 1.807) is 23.2 Å². The van der Waals surface area contributed by atoms with Gasteiger partial charge in [-0.2, -0.15) is 4.31 Å². The first-order valence-electron chi connectivity index (χ1n) is 10.5. The maximum atomic E-state index is 13.3. The molecule has 0 spiro atoms. The second-order valence-electron chi connectivity index (χ2n) is 7.80. The highest BCUT2D eigenvalue weighted by Crippen LogP contribution is 2.26. The summed E-state index contributed by atoms with van der Waals surface area (Å²) >= 11 is 0. The number of nitrogens with one attached hydrogen (secondary N) is 1. The minimum Gasteiger partial charge on any atom is -0.355 e. The first-order chi connectivity index (χ1) is 15.4. The van der Waals surface area contributed by atoms with E-state index in [0.29, 0.717) is 18.7 Å². The van der Waals surface area contributed by atoms with Crippen LogP contribution in [0.15, 0.2) is 71.9 Å². The normalized spacial score (nSPS) is 14.9. The summed E-state index contributed by atoms with van der Waals surface area (Å²) in [5.41, 5.74) is 4.56. The SMILES string of the molecule is Cc1cccc(Nc2ccccc2C(=O)N2CCN(S(=O)(=O)c3cccnc3)CC2)c1C. The van der Waals surface area contributed by atoms with Gasteiger partial charge in [0.05, 0.1) is 11.3 Å². The fourth-order valence-corrected chi connectivity index (χ4v) is 5.15. The van der Waals surface area contributed by atoms with Crippen molar-refractivity contribution in [3.05, 3.63) is 83.7 Å². The number of carbonyl (C=O) groups excluding carboxylic acids is 1. The molecule has 166 valence electrons. The third-order valence-corrected chi connectivity index (χ3v) is 7.71. The van der Waals surface area contributed by atoms with Crippen LogP contribution in [0.25, 0.3) is 0 Å². The van der Waals surface area contributed by atoms with E-state index in [2.05, 4.69) is 23.3 Å². The lowest BCUT2D eigenvalue weighted by Crippen LogP contribution is -2.50. The minimum atomic E-state index is -3.61. The predicted molar refractivity (Wildman–Crippen MR) is 125 cm³/mol. The van der Waals surface area contributed by atoms with Crippen molar-refractivity contribution in [1.82, 2.24) is 14.2 Å². The Morgan fingerprint density at radius 1 is 0.906 bits per heavy atom. The topological polar surface area (TPSA) is 82.6 Å². The number of hydrogen-bond donors (Lipinski definition) is 1. The monoisotopic (exact) mass is 450 g/mol. The van der Waals surface area contributed by atoms with Crippen LogP contribution in [-0.2, 0) is 10.0 Å². The van der Waals surface area contributed by atoms with Crippen molar-refractivity contribution in [2.24, 2.45) is 0 Å². The molecule has 1 aromatic heterocycles. The van der Waals surface area contributed by atoms with E-state index in [-0.39, 0.29) is 23.9 Å². The van der Waals surface area contributed by atoms with Crippen LogP contribution >= 0.6 is 0 Å². The molecule has 1 amide bonds. The van der Waals surface area contributed by atoms with Crippen LogP contribution in [0.3, 0.4) is 0 Å². The molecular formula is C24H26N4O3S. The molecule has 0 radical (unpaired) electrons. The molecule has 0 bridgehead atoms. The van der Waals surface area contributed by atoms with Gasteiger partial charge in [0.2, 0.25) is 10.0 Å². The van der Waals surface area contributed by atoms with Crippen LogP contribution in [0.2, 0.25) is 0 Å². The van der Waals surface area contributed by atoms with Gasteiger partial charge in [-0.1, -0.05) is 24.3 Å². The summed E-state index contributed by atoms with van der Waals surface area (Å²) in [6.07, 6.45) is 2.89. The molecule has 32 heavy (non-hydrogen) atoms. The number of carbonyl (C=O) groups is 1. The van der Waals surface area contributed by atoms with Crippen molar-refractivity contribution >= 4 is 27.3 Å². The first kappa shape index (κ1) is 22.0. The van der Waals surface area contributed by atoms with Gasteiger partial charge in [0, 0.05) is 44.3 Å². The fourth-order valence-electron chi connectivity index (χ4n) is 3.76. The third-order valence-electron chi connectivity index (χ3n) is 5.83. The second kappa shape index (κ2) is 9.10. The van der Waals surface area contributed by atoms with E-state index >= 15 is 0 Å². The summed E-state index contributed by atoms with van der Waals surface area (Å²) in [6, 6.07) is 16.6. The Morgan fingerprint density at radius 2 is 1.62 bits per heavy atom. The lowest BCUT2D eigenvalue weighted by molar-refractivity contribution is 0.0699. The molecule has 1 aliphatic rings. The maximum Gasteiger partial charge on any atom is 0.256 e. The average molecular weight is 451 g/mol. The van der Waals surface area contributed by atoms with Gasteiger partial charge >= 0.3 is 0 Å². The van der Waals surface area contributed by atoms with Gasteiger partial charge in [-0.3, -0.25) is 9.78 Å². The highest BCUT2D eigenvalue weighted by atomic mass is 32.2. The Bertz CT molecular complexity index is 1220. The van der Waals surface area contributed by atoms with Crippen LogP contribution in [0.1, 0.15) is 21.5 Å². The number of pyridine rings is 1. The van der Waals surface area contributed by atoms with E-state index in [1.165, 1.54) is 22.1 Å². The van der Waals surface area contributed by atoms with Gasteiger partial charge in [-0.05, 0) is 55.3 Å². The summed E-state index contributed by atoms with van der Waals surface area (Å²) in [7, 11) is -3.61. The zero-order valence-electron chi connectivity index (χ0n) is 18.2. The molecule has 0 unspecified atom stereocenters. The van der Waals surface area contributed by atoms with Crippen molar-refractivity contribution in [3.63, 3.8) is 0 Å². The standard InChI is InChI=1S/C24H26N4O3S/c1-18-7-5-11-22(19(18)2)26-23-10-4-3-9-21(23)24(29)27-13-15-28(16-14-27)32(30,31)20-8-6-12-25-17-20/h3-12,17,26H,13-16H2,1-2H3. The number of hydrogen-bond acceptors (Lipinski definition) is 5. The predicted octanol–water partition coefficient (Wildman–Crippen LogP) is 3.59. The molecule has 8 heteroatoms. The zero-order valence-corrected chi connectivity index (χ0v) is 19.0. The van der Waals surface area contributed by atoms with Crippen molar-refractivity contribution in [3.8, 4) is 0 Å². The molecule has 1 aliphatic heterocycles. The van der Waals surface area contributed by atoms with Gasteiger partial charge in [0.1, 0.15) is 4.90 Å². The van der Waals surface area contributed by atoms with E-state index in [0.717, 1.165) is 16.9 Å². The van der Waals surface area contributed by atoms with Crippen molar-refractivity contribution in [2.45, 2.75) is 18.7 Å². The number of aryl methyl sites for hydroxylation is 1. The molecule has 1 saturated heterocycles. The summed E-state index contributed by atoms with van der Waals surface area (Å²) in [5.74, 6) is -0.114. The van der Waals surface area contributed by atoms with Gasteiger partial charge in [-0.25, -0.2) is 8.42 Å². The number of rotatable bonds is 5. The van der Waals surface area contributed by atoms with E-state index in [4.69, 9.17) is 0 Å². The number of nitrogens with zero attached hydrogens (tertiary/aromatic N) is 3. The van der Waals surface area contributed by atoms with Crippen LogP contribution in [-0.4, -0.2) is 54.7 Å². The smallest absolute Gasteiger partial charge is 0.256 e. The number of amides is 1. The molecule has 2 heterocycles. The zero-order chi connectivity index (χ0) is 22.7. The van der Waals surface area contributed by atoms with E-state index < -0.39 is 10.0 Å². The van der Waals surface area contributed by atoms with Crippen LogP contribution < -0.4 is 5.32 Å². The van der Waals surface area contributed by atoms with E-state index in [1.807, 2.05) is 37.3 Å². The Morgan fingerprint density at radius 3 is 2.34 bits per heavy atom. The van der Waals surface area contributed by atoms with Crippen LogP contribution in [0.4, 0.5) is 11.4 Å². The number of aromatic nitrogens is 1. The molecular weight excluding hydrogens is 424 g/mol. The third kappa shape index (κ3) is 4.37. The van der Waals surface area contributed by atoms with Crippen molar-refractivity contribution < 1.29 is 13.2 Å². The van der Waals surface area contributed by atoms with Gasteiger partial charge in [-0.15, -0.1) is 0 Å². The van der Waals surface area contributed by atoms with E-state index in [9.17, 15) is 13.2 Å². The summed E-state index contributed by atoms with van der Waals surface area (Å²) in [4.78, 5) is 19.1. The van der Waals surface area contributed by atoms with Gasteiger partial charge in [0.15, 0.2) is 0 Å². The second-order valence-corrected chi connectivity index (χ2v) is 9.74. The lowest BCUT2D eigenvalue weighted by atomic mass is 10.1. The number of piperazine rings is 1. The van der Waals surface area contributed by atoms with Crippen LogP contribution in [0, 0.1) is 13.8 Å².